The standard InChI is InChI=1S/C22H20N4/c23-19-10-4-6-17(14-19)7-5-13-24-20-11-12-22-25-15-21(26(22)16-20)18-8-2-1-3-9-18/h1-12,14-16,24H,13,23H2/b7-5+. The van der Waals surface area contributed by atoms with Crippen LogP contribution in [-0.4, -0.2) is 15.9 Å². The summed E-state index contributed by atoms with van der Waals surface area (Å²) >= 11 is 0. The molecule has 4 nitrogen and oxygen atoms in total. The van der Waals surface area contributed by atoms with Crippen molar-refractivity contribution in [2.45, 2.75) is 0 Å². The summed E-state index contributed by atoms with van der Waals surface area (Å²) in [5.74, 6) is 0. The van der Waals surface area contributed by atoms with Gasteiger partial charge in [-0.15, -0.1) is 0 Å². The molecule has 26 heavy (non-hydrogen) atoms. The number of nitrogen functional groups attached to an aromatic ring is 1. The number of aromatic nitrogens is 2. The first kappa shape index (κ1) is 16.0. The number of fused-ring (bicyclic) bond motifs is 1. The van der Waals surface area contributed by atoms with Gasteiger partial charge in [0.25, 0.3) is 0 Å². The summed E-state index contributed by atoms with van der Waals surface area (Å²) in [7, 11) is 0. The highest BCUT2D eigenvalue weighted by Gasteiger charge is 2.05. The fourth-order valence-corrected chi connectivity index (χ4v) is 2.94. The molecule has 0 aliphatic rings. The lowest BCUT2D eigenvalue weighted by atomic mass is 10.2. The highest BCUT2D eigenvalue weighted by atomic mass is 15.0. The molecule has 0 amide bonds. The van der Waals surface area contributed by atoms with Gasteiger partial charge in [-0.1, -0.05) is 54.6 Å². The van der Waals surface area contributed by atoms with Crippen LogP contribution in [0.5, 0.6) is 0 Å². The second-order valence-electron chi connectivity index (χ2n) is 6.11. The number of imidazole rings is 1. The van der Waals surface area contributed by atoms with Crippen molar-refractivity contribution >= 4 is 23.1 Å². The summed E-state index contributed by atoms with van der Waals surface area (Å²) in [5.41, 5.74) is 11.9. The Balaban J connectivity index is 1.50. The normalized spacial score (nSPS) is 11.2. The highest BCUT2D eigenvalue weighted by molar-refractivity contribution is 5.65. The summed E-state index contributed by atoms with van der Waals surface area (Å²) < 4.78 is 2.11. The first-order chi connectivity index (χ1) is 12.8. The SMILES string of the molecule is Nc1cccc(/C=C/CNc2ccc3ncc(-c4ccccc4)n3c2)c1. The number of anilines is 2. The molecule has 0 bridgehead atoms. The van der Waals surface area contributed by atoms with E-state index in [4.69, 9.17) is 5.73 Å². The lowest BCUT2D eigenvalue weighted by Gasteiger charge is -2.07. The maximum absolute atomic E-state index is 5.80. The monoisotopic (exact) mass is 340 g/mol. The third-order valence-corrected chi connectivity index (χ3v) is 4.22. The van der Waals surface area contributed by atoms with E-state index in [2.05, 4.69) is 45.2 Å². The Morgan fingerprint density at radius 1 is 1.00 bits per heavy atom. The minimum Gasteiger partial charge on any atom is -0.399 e. The zero-order valence-corrected chi connectivity index (χ0v) is 14.3. The molecule has 2 aromatic heterocycles. The number of nitrogens with two attached hydrogens (primary N) is 1. The second kappa shape index (κ2) is 7.15. The second-order valence-corrected chi connectivity index (χ2v) is 6.11. The van der Waals surface area contributed by atoms with Crippen molar-refractivity contribution in [3.63, 3.8) is 0 Å². The number of nitrogens with one attached hydrogen (secondary N) is 1. The highest BCUT2D eigenvalue weighted by Crippen LogP contribution is 2.22. The van der Waals surface area contributed by atoms with Gasteiger partial charge in [0.05, 0.1) is 17.6 Å². The molecule has 4 aromatic rings. The van der Waals surface area contributed by atoms with E-state index in [0.29, 0.717) is 0 Å². The largest absolute Gasteiger partial charge is 0.399 e. The van der Waals surface area contributed by atoms with Crippen LogP contribution in [0, 0.1) is 0 Å². The predicted octanol–water partition coefficient (Wildman–Crippen LogP) is 4.71. The van der Waals surface area contributed by atoms with Crippen LogP contribution in [0.4, 0.5) is 11.4 Å². The van der Waals surface area contributed by atoms with Crippen LogP contribution < -0.4 is 11.1 Å². The van der Waals surface area contributed by atoms with Crippen molar-refractivity contribution in [1.82, 2.24) is 9.38 Å². The van der Waals surface area contributed by atoms with Crippen LogP contribution in [0.1, 0.15) is 5.56 Å². The third-order valence-electron chi connectivity index (χ3n) is 4.22. The van der Waals surface area contributed by atoms with E-state index in [1.54, 1.807) is 0 Å². The van der Waals surface area contributed by atoms with Crippen molar-refractivity contribution in [2.75, 3.05) is 17.6 Å². The van der Waals surface area contributed by atoms with Gasteiger partial charge in [-0.3, -0.25) is 4.40 Å². The number of hydrogen-bond donors (Lipinski definition) is 2. The van der Waals surface area contributed by atoms with E-state index in [1.165, 1.54) is 0 Å². The van der Waals surface area contributed by atoms with Crippen molar-refractivity contribution in [1.29, 1.82) is 0 Å². The molecule has 3 N–H and O–H groups in total. The molecule has 2 aromatic carbocycles. The first-order valence-electron chi connectivity index (χ1n) is 8.58. The summed E-state index contributed by atoms with van der Waals surface area (Å²) in [4.78, 5) is 4.49. The third kappa shape index (κ3) is 3.44. The van der Waals surface area contributed by atoms with E-state index >= 15 is 0 Å². The maximum Gasteiger partial charge on any atom is 0.137 e. The Labute approximate surface area is 152 Å². The van der Waals surface area contributed by atoms with Gasteiger partial charge >= 0.3 is 0 Å². The van der Waals surface area contributed by atoms with Crippen LogP contribution in [0.15, 0.2) is 85.2 Å². The molecule has 0 aliphatic heterocycles. The molecule has 128 valence electrons. The Morgan fingerprint density at radius 2 is 1.88 bits per heavy atom. The predicted molar refractivity (Wildman–Crippen MR) is 109 cm³/mol. The van der Waals surface area contributed by atoms with E-state index in [9.17, 15) is 0 Å². The minimum absolute atomic E-state index is 0.732. The summed E-state index contributed by atoms with van der Waals surface area (Å²) in [6.45, 7) is 0.732. The Hall–Kier alpha value is -3.53. The molecular weight excluding hydrogens is 320 g/mol. The van der Waals surface area contributed by atoms with Crippen molar-refractivity contribution in [3.8, 4) is 11.3 Å². The van der Waals surface area contributed by atoms with Gasteiger partial charge in [-0.25, -0.2) is 4.98 Å². The fourth-order valence-electron chi connectivity index (χ4n) is 2.94. The van der Waals surface area contributed by atoms with E-state index in [1.807, 2.05) is 60.8 Å². The number of hydrogen-bond acceptors (Lipinski definition) is 3. The van der Waals surface area contributed by atoms with Crippen molar-refractivity contribution < 1.29 is 0 Å². The summed E-state index contributed by atoms with van der Waals surface area (Å²) in [6.07, 6.45) is 8.15. The molecule has 2 heterocycles. The van der Waals surface area contributed by atoms with Crippen molar-refractivity contribution in [2.24, 2.45) is 0 Å². The first-order valence-corrected chi connectivity index (χ1v) is 8.58. The van der Waals surface area contributed by atoms with Crippen LogP contribution in [-0.2, 0) is 0 Å². The van der Waals surface area contributed by atoms with Gasteiger partial charge in [0.1, 0.15) is 5.65 Å². The summed E-state index contributed by atoms with van der Waals surface area (Å²) in [5, 5.41) is 3.42. The average Bonchev–Trinajstić information content (AvgIpc) is 3.09. The Morgan fingerprint density at radius 3 is 2.73 bits per heavy atom. The molecule has 0 radical (unpaired) electrons. The van der Waals surface area contributed by atoms with Crippen LogP contribution in [0.3, 0.4) is 0 Å². The molecule has 4 rings (SSSR count). The van der Waals surface area contributed by atoms with Gasteiger partial charge in [0.15, 0.2) is 0 Å². The Bertz CT molecular complexity index is 1050. The number of benzene rings is 2. The molecule has 0 saturated carbocycles. The molecule has 4 heteroatoms. The zero-order chi connectivity index (χ0) is 17.8. The van der Waals surface area contributed by atoms with Gasteiger partial charge in [-0.05, 0) is 29.8 Å². The molecular formula is C22H20N4. The summed E-state index contributed by atoms with van der Waals surface area (Å²) in [6, 6.07) is 22.2. The fraction of sp³-hybridized carbons (Fsp3) is 0.0455. The van der Waals surface area contributed by atoms with Gasteiger partial charge < -0.3 is 11.1 Å². The lowest BCUT2D eigenvalue weighted by Crippen LogP contribution is -2.00. The van der Waals surface area contributed by atoms with Gasteiger partial charge in [0, 0.05) is 24.0 Å². The Kier molecular flexibility index (Phi) is 4.39. The minimum atomic E-state index is 0.732. The van der Waals surface area contributed by atoms with Gasteiger partial charge in [-0.2, -0.15) is 0 Å². The number of rotatable bonds is 5. The van der Waals surface area contributed by atoms with E-state index < -0.39 is 0 Å². The van der Waals surface area contributed by atoms with Crippen molar-refractivity contribution in [3.05, 3.63) is 90.8 Å². The van der Waals surface area contributed by atoms with Gasteiger partial charge in [0.2, 0.25) is 0 Å². The van der Waals surface area contributed by atoms with Crippen LogP contribution in [0.2, 0.25) is 0 Å². The topological polar surface area (TPSA) is 55.3 Å². The molecule has 0 saturated heterocycles. The van der Waals surface area contributed by atoms with Crippen LogP contribution in [0.25, 0.3) is 23.0 Å². The van der Waals surface area contributed by atoms with E-state index in [-0.39, 0.29) is 0 Å². The number of pyridine rings is 1. The molecule has 0 unspecified atom stereocenters. The molecule has 0 aliphatic carbocycles. The molecule has 0 spiro atoms. The lowest BCUT2D eigenvalue weighted by molar-refractivity contribution is 1.18. The number of nitrogens with zero attached hydrogens (tertiary/aromatic N) is 2. The quantitative estimate of drug-likeness (QED) is 0.517. The average molecular weight is 340 g/mol. The smallest absolute Gasteiger partial charge is 0.137 e. The molecule has 0 fully saturated rings. The molecule has 0 atom stereocenters. The van der Waals surface area contributed by atoms with E-state index in [0.717, 1.165) is 40.4 Å². The maximum atomic E-state index is 5.80. The van der Waals surface area contributed by atoms with Crippen LogP contribution >= 0.6 is 0 Å². The zero-order valence-electron chi connectivity index (χ0n) is 14.3.